The normalized spacial score (nSPS) is 9.80. The van der Waals surface area contributed by atoms with E-state index in [1.165, 1.54) is 7.11 Å². The van der Waals surface area contributed by atoms with Gasteiger partial charge in [-0.15, -0.1) is 0 Å². The van der Waals surface area contributed by atoms with Crippen LogP contribution < -0.4 is 10.5 Å². The zero-order valence-electron chi connectivity index (χ0n) is 8.69. The van der Waals surface area contributed by atoms with Gasteiger partial charge in [-0.2, -0.15) is 4.98 Å². The highest BCUT2D eigenvalue weighted by Gasteiger charge is 2.11. The molecule has 1 aromatic heterocycles. The molecule has 0 aliphatic carbocycles. The van der Waals surface area contributed by atoms with Crippen molar-refractivity contribution >= 4 is 5.97 Å². The molecule has 0 amide bonds. The van der Waals surface area contributed by atoms with E-state index in [9.17, 15) is 4.79 Å². The SMILES string of the molecule is COC(=O)c1nc(C)cc(OCCN)n1. The van der Waals surface area contributed by atoms with Crippen LogP contribution in [-0.4, -0.2) is 36.2 Å². The number of aryl methyl sites for hydroxylation is 1. The van der Waals surface area contributed by atoms with Crippen molar-refractivity contribution in [3.05, 3.63) is 17.6 Å². The average molecular weight is 211 g/mol. The lowest BCUT2D eigenvalue weighted by atomic mass is 10.4. The number of carbonyl (C=O) groups excluding carboxylic acids is 1. The van der Waals surface area contributed by atoms with Gasteiger partial charge < -0.3 is 15.2 Å². The zero-order valence-corrected chi connectivity index (χ0v) is 8.69. The third-order valence-electron chi connectivity index (χ3n) is 1.57. The lowest BCUT2D eigenvalue weighted by molar-refractivity contribution is 0.0585. The number of nitrogens with two attached hydrogens (primary N) is 1. The fraction of sp³-hybridized carbons (Fsp3) is 0.444. The third kappa shape index (κ3) is 3.17. The van der Waals surface area contributed by atoms with Crippen molar-refractivity contribution in [3.8, 4) is 5.88 Å². The van der Waals surface area contributed by atoms with Crippen LogP contribution in [0.3, 0.4) is 0 Å². The number of methoxy groups -OCH3 is 1. The molecule has 6 nitrogen and oxygen atoms in total. The molecule has 2 N–H and O–H groups in total. The number of rotatable bonds is 4. The molecule has 0 fully saturated rings. The Labute approximate surface area is 87.4 Å². The molecule has 0 saturated carbocycles. The molecule has 0 atom stereocenters. The Kier molecular flexibility index (Phi) is 3.99. The van der Waals surface area contributed by atoms with E-state index in [0.717, 1.165) is 0 Å². The second kappa shape index (κ2) is 5.26. The minimum atomic E-state index is -0.587. The Bertz CT molecular complexity index is 354. The Hall–Kier alpha value is -1.69. The lowest BCUT2D eigenvalue weighted by Gasteiger charge is -2.05. The van der Waals surface area contributed by atoms with Crippen LogP contribution in [0.15, 0.2) is 6.07 Å². The van der Waals surface area contributed by atoms with Crippen molar-refractivity contribution in [3.63, 3.8) is 0 Å². The molecular formula is C9H13N3O3. The van der Waals surface area contributed by atoms with Crippen LogP contribution in [0.25, 0.3) is 0 Å². The molecule has 0 aromatic carbocycles. The highest BCUT2D eigenvalue weighted by Crippen LogP contribution is 2.09. The summed E-state index contributed by atoms with van der Waals surface area (Å²) in [6.07, 6.45) is 0. The average Bonchev–Trinajstić information content (AvgIpc) is 2.24. The van der Waals surface area contributed by atoms with Gasteiger partial charge in [-0.1, -0.05) is 0 Å². The van der Waals surface area contributed by atoms with Gasteiger partial charge in [-0.05, 0) is 6.92 Å². The van der Waals surface area contributed by atoms with Gasteiger partial charge in [0.2, 0.25) is 11.7 Å². The fourth-order valence-corrected chi connectivity index (χ4v) is 0.960. The summed E-state index contributed by atoms with van der Waals surface area (Å²) in [4.78, 5) is 19.0. The molecule has 0 radical (unpaired) electrons. The number of aromatic nitrogens is 2. The predicted octanol–water partition coefficient (Wildman–Crippen LogP) is -0.0909. The van der Waals surface area contributed by atoms with Crippen LogP contribution in [0.4, 0.5) is 0 Å². The first-order chi connectivity index (χ1) is 7.17. The van der Waals surface area contributed by atoms with Crippen LogP contribution in [0, 0.1) is 6.92 Å². The summed E-state index contributed by atoms with van der Waals surface area (Å²) in [6.45, 7) is 2.47. The summed E-state index contributed by atoms with van der Waals surface area (Å²) in [5.41, 5.74) is 5.91. The Balaban J connectivity index is 2.89. The summed E-state index contributed by atoms with van der Waals surface area (Å²) in [5.74, 6) is -0.269. The van der Waals surface area contributed by atoms with Crippen LogP contribution in [0.5, 0.6) is 5.88 Å². The summed E-state index contributed by atoms with van der Waals surface area (Å²) in [7, 11) is 1.27. The van der Waals surface area contributed by atoms with E-state index >= 15 is 0 Å². The maximum absolute atomic E-state index is 11.2. The summed E-state index contributed by atoms with van der Waals surface area (Å²) >= 11 is 0. The molecule has 0 aliphatic rings. The third-order valence-corrected chi connectivity index (χ3v) is 1.57. The molecule has 1 heterocycles. The van der Waals surface area contributed by atoms with Gasteiger partial charge in [0.05, 0.1) is 7.11 Å². The number of ether oxygens (including phenoxy) is 2. The summed E-state index contributed by atoms with van der Waals surface area (Å²) in [6, 6.07) is 1.63. The van der Waals surface area contributed by atoms with Crippen molar-refractivity contribution in [1.29, 1.82) is 0 Å². The molecule has 0 bridgehead atoms. The van der Waals surface area contributed by atoms with Gasteiger partial charge in [0.25, 0.3) is 0 Å². The van der Waals surface area contributed by atoms with Gasteiger partial charge in [-0.3, -0.25) is 0 Å². The Morgan fingerprint density at radius 2 is 2.27 bits per heavy atom. The molecule has 6 heteroatoms. The molecule has 82 valence electrons. The molecule has 0 spiro atoms. The van der Waals surface area contributed by atoms with Gasteiger partial charge in [0.15, 0.2) is 0 Å². The van der Waals surface area contributed by atoms with E-state index in [1.807, 2.05) is 0 Å². The quantitative estimate of drug-likeness (QED) is 0.700. The van der Waals surface area contributed by atoms with Crippen molar-refractivity contribution in [2.75, 3.05) is 20.3 Å². The van der Waals surface area contributed by atoms with E-state index in [2.05, 4.69) is 14.7 Å². The second-order valence-electron chi connectivity index (χ2n) is 2.80. The van der Waals surface area contributed by atoms with Crippen LogP contribution >= 0.6 is 0 Å². The zero-order chi connectivity index (χ0) is 11.3. The van der Waals surface area contributed by atoms with Gasteiger partial charge in [0.1, 0.15) is 6.61 Å². The van der Waals surface area contributed by atoms with Gasteiger partial charge in [-0.25, -0.2) is 9.78 Å². The standard InChI is InChI=1S/C9H13N3O3/c1-6-5-7(15-4-3-10)12-8(11-6)9(13)14-2/h5H,3-4,10H2,1-2H3. The van der Waals surface area contributed by atoms with E-state index in [4.69, 9.17) is 10.5 Å². The number of nitrogens with zero attached hydrogens (tertiary/aromatic N) is 2. The molecule has 1 rings (SSSR count). The highest BCUT2D eigenvalue weighted by molar-refractivity contribution is 5.85. The summed E-state index contributed by atoms with van der Waals surface area (Å²) in [5, 5.41) is 0. The fourth-order valence-electron chi connectivity index (χ4n) is 0.960. The second-order valence-corrected chi connectivity index (χ2v) is 2.80. The number of carbonyl (C=O) groups is 1. The van der Waals surface area contributed by atoms with E-state index in [1.54, 1.807) is 13.0 Å². The molecule has 0 saturated heterocycles. The first-order valence-electron chi connectivity index (χ1n) is 4.44. The minimum absolute atomic E-state index is 0.00970. The van der Waals surface area contributed by atoms with Crippen LogP contribution in [0.2, 0.25) is 0 Å². The summed E-state index contributed by atoms with van der Waals surface area (Å²) < 4.78 is 9.69. The smallest absolute Gasteiger partial charge is 0.376 e. The Morgan fingerprint density at radius 3 is 2.87 bits per heavy atom. The van der Waals surface area contributed by atoms with Crippen LogP contribution in [-0.2, 0) is 4.74 Å². The van der Waals surface area contributed by atoms with Crippen molar-refractivity contribution in [2.45, 2.75) is 6.92 Å². The first-order valence-corrected chi connectivity index (χ1v) is 4.44. The largest absolute Gasteiger partial charge is 0.476 e. The minimum Gasteiger partial charge on any atom is -0.476 e. The van der Waals surface area contributed by atoms with E-state index < -0.39 is 5.97 Å². The monoisotopic (exact) mass is 211 g/mol. The molecule has 0 aliphatic heterocycles. The van der Waals surface area contributed by atoms with Gasteiger partial charge in [0, 0.05) is 18.3 Å². The number of hydrogen-bond donors (Lipinski definition) is 1. The van der Waals surface area contributed by atoms with E-state index in [-0.39, 0.29) is 5.82 Å². The topological polar surface area (TPSA) is 87.3 Å². The van der Waals surface area contributed by atoms with Crippen molar-refractivity contribution in [2.24, 2.45) is 5.73 Å². The van der Waals surface area contributed by atoms with Crippen LogP contribution in [0.1, 0.15) is 16.3 Å². The first kappa shape index (κ1) is 11.4. The maximum atomic E-state index is 11.2. The molecular weight excluding hydrogens is 198 g/mol. The molecule has 1 aromatic rings. The Morgan fingerprint density at radius 1 is 1.53 bits per heavy atom. The predicted molar refractivity (Wildman–Crippen MR) is 52.7 cm³/mol. The van der Waals surface area contributed by atoms with Crippen molar-refractivity contribution in [1.82, 2.24) is 9.97 Å². The van der Waals surface area contributed by atoms with Gasteiger partial charge >= 0.3 is 5.97 Å². The van der Waals surface area contributed by atoms with Crippen molar-refractivity contribution < 1.29 is 14.3 Å². The number of esters is 1. The highest BCUT2D eigenvalue weighted by atomic mass is 16.5. The molecule has 0 unspecified atom stereocenters. The van der Waals surface area contributed by atoms with E-state index in [0.29, 0.717) is 24.7 Å². The lowest BCUT2D eigenvalue weighted by Crippen LogP contribution is -2.14. The molecule has 15 heavy (non-hydrogen) atoms. The maximum Gasteiger partial charge on any atom is 0.376 e. The number of hydrogen-bond acceptors (Lipinski definition) is 6.